The quantitative estimate of drug-likeness (QED) is 0.833. The number of aliphatic hydroxyl groups excluding tert-OH is 1. The lowest BCUT2D eigenvalue weighted by Gasteiger charge is -2.36. The summed E-state index contributed by atoms with van der Waals surface area (Å²) in [5.41, 5.74) is 1.01. The molecule has 5 heteroatoms. The minimum Gasteiger partial charge on any atom is -0.445 e. The van der Waals surface area contributed by atoms with Gasteiger partial charge in [-0.1, -0.05) is 30.3 Å². The minimum absolute atomic E-state index is 0.174. The number of amides is 1. The van der Waals surface area contributed by atoms with Crippen molar-refractivity contribution >= 4 is 6.09 Å². The SMILES string of the molecule is CC(C)N(CCO)CC1CCCN(C(=O)OCc2ccccc2)C1. The molecule has 1 fully saturated rings. The van der Waals surface area contributed by atoms with Gasteiger partial charge in [-0.05, 0) is 38.2 Å². The van der Waals surface area contributed by atoms with Gasteiger partial charge in [0.05, 0.1) is 6.61 Å². The van der Waals surface area contributed by atoms with Gasteiger partial charge < -0.3 is 14.7 Å². The fourth-order valence-electron chi connectivity index (χ4n) is 3.21. The van der Waals surface area contributed by atoms with Crippen molar-refractivity contribution in [2.45, 2.75) is 39.3 Å². The summed E-state index contributed by atoms with van der Waals surface area (Å²) < 4.78 is 5.45. The van der Waals surface area contributed by atoms with E-state index in [0.717, 1.165) is 38.0 Å². The summed E-state index contributed by atoms with van der Waals surface area (Å²) in [7, 11) is 0. The Balaban J connectivity index is 1.82. The molecule has 1 unspecified atom stereocenters. The van der Waals surface area contributed by atoms with Crippen molar-refractivity contribution in [1.82, 2.24) is 9.80 Å². The van der Waals surface area contributed by atoms with E-state index in [-0.39, 0.29) is 12.7 Å². The summed E-state index contributed by atoms with van der Waals surface area (Å²) in [5.74, 6) is 0.442. The van der Waals surface area contributed by atoms with Gasteiger partial charge in [0.25, 0.3) is 0 Å². The van der Waals surface area contributed by atoms with E-state index < -0.39 is 0 Å². The second-order valence-electron chi connectivity index (χ2n) is 6.81. The number of carbonyl (C=O) groups is 1. The number of likely N-dealkylation sites (tertiary alicyclic amines) is 1. The highest BCUT2D eigenvalue weighted by molar-refractivity contribution is 5.67. The molecular weight excluding hydrogens is 304 g/mol. The Morgan fingerprint density at radius 1 is 1.38 bits per heavy atom. The van der Waals surface area contributed by atoms with Crippen LogP contribution in [-0.4, -0.2) is 59.8 Å². The van der Waals surface area contributed by atoms with E-state index in [1.54, 1.807) is 0 Å². The Morgan fingerprint density at radius 2 is 2.12 bits per heavy atom. The number of piperidine rings is 1. The molecule has 0 bridgehead atoms. The maximum absolute atomic E-state index is 12.3. The van der Waals surface area contributed by atoms with Gasteiger partial charge in [0.15, 0.2) is 0 Å². The Kier molecular flexibility index (Phi) is 7.53. The van der Waals surface area contributed by atoms with Gasteiger partial charge in [-0.3, -0.25) is 4.90 Å². The van der Waals surface area contributed by atoms with Crippen LogP contribution in [0.5, 0.6) is 0 Å². The standard InChI is InChI=1S/C19H30N2O3/c1-16(2)20(11-12-22)13-18-9-6-10-21(14-18)19(23)24-15-17-7-4-3-5-8-17/h3-5,7-8,16,18,22H,6,9-15H2,1-2H3. The van der Waals surface area contributed by atoms with Crippen molar-refractivity contribution in [2.24, 2.45) is 5.92 Å². The Hall–Kier alpha value is -1.59. The fourth-order valence-corrected chi connectivity index (χ4v) is 3.21. The molecule has 1 heterocycles. The fraction of sp³-hybridized carbons (Fsp3) is 0.632. The van der Waals surface area contributed by atoms with Crippen LogP contribution < -0.4 is 0 Å². The highest BCUT2D eigenvalue weighted by Crippen LogP contribution is 2.19. The normalized spacial score (nSPS) is 18.2. The minimum atomic E-state index is -0.221. The molecule has 134 valence electrons. The lowest BCUT2D eigenvalue weighted by Crippen LogP contribution is -2.45. The highest BCUT2D eigenvalue weighted by atomic mass is 16.6. The van der Waals surface area contributed by atoms with Crippen molar-refractivity contribution in [3.05, 3.63) is 35.9 Å². The first kappa shape index (κ1) is 18.7. The second-order valence-corrected chi connectivity index (χ2v) is 6.81. The van der Waals surface area contributed by atoms with Gasteiger partial charge in [0, 0.05) is 32.2 Å². The van der Waals surface area contributed by atoms with Gasteiger partial charge in [-0.25, -0.2) is 4.79 Å². The number of carbonyl (C=O) groups excluding carboxylic acids is 1. The van der Waals surface area contributed by atoms with E-state index >= 15 is 0 Å². The molecule has 0 aromatic heterocycles. The van der Waals surface area contributed by atoms with Gasteiger partial charge in [-0.2, -0.15) is 0 Å². The zero-order valence-corrected chi connectivity index (χ0v) is 14.9. The molecule has 1 aromatic carbocycles. The van der Waals surface area contributed by atoms with Crippen LogP contribution in [-0.2, 0) is 11.3 Å². The zero-order chi connectivity index (χ0) is 17.4. The molecule has 0 radical (unpaired) electrons. The first-order chi connectivity index (χ1) is 11.6. The number of nitrogens with zero attached hydrogens (tertiary/aromatic N) is 2. The first-order valence-corrected chi connectivity index (χ1v) is 8.90. The van der Waals surface area contributed by atoms with E-state index in [1.165, 1.54) is 0 Å². The molecule has 2 rings (SSSR count). The molecule has 1 aromatic rings. The van der Waals surface area contributed by atoms with Crippen molar-refractivity contribution < 1.29 is 14.6 Å². The molecule has 1 amide bonds. The van der Waals surface area contributed by atoms with Crippen molar-refractivity contribution in [2.75, 3.05) is 32.8 Å². The molecule has 1 saturated heterocycles. The van der Waals surface area contributed by atoms with Crippen LogP contribution in [0.4, 0.5) is 4.79 Å². The van der Waals surface area contributed by atoms with Crippen molar-refractivity contribution in [1.29, 1.82) is 0 Å². The van der Waals surface area contributed by atoms with Crippen LogP contribution in [0.2, 0.25) is 0 Å². The van der Waals surface area contributed by atoms with E-state index in [9.17, 15) is 9.90 Å². The van der Waals surface area contributed by atoms with Crippen LogP contribution in [0.3, 0.4) is 0 Å². The topological polar surface area (TPSA) is 53.0 Å². The summed E-state index contributed by atoms with van der Waals surface area (Å²) in [6.07, 6.45) is 1.91. The predicted molar refractivity (Wildman–Crippen MR) is 94.7 cm³/mol. The molecule has 1 N–H and O–H groups in total. The maximum Gasteiger partial charge on any atom is 0.410 e. The molecule has 0 saturated carbocycles. The van der Waals surface area contributed by atoms with Crippen LogP contribution in [0, 0.1) is 5.92 Å². The van der Waals surface area contributed by atoms with E-state index in [2.05, 4.69) is 18.7 Å². The lowest BCUT2D eigenvalue weighted by molar-refractivity contribution is 0.0663. The molecule has 1 aliphatic heterocycles. The Morgan fingerprint density at radius 3 is 2.79 bits per heavy atom. The average molecular weight is 334 g/mol. The molecule has 24 heavy (non-hydrogen) atoms. The molecule has 0 aliphatic carbocycles. The third-order valence-electron chi connectivity index (χ3n) is 4.59. The molecule has 1 aliphatic rings. The third kappa shape index (κ3) is 5.80. The summed E-state index contributed by atoms with van der Waals surface area (Å²) in [5, 5.41) is 9.21. The van der Waals surface area contributed by atoms with E-state index in [1.807, 2.05) is 35.2 Å². The Bertz CT molecular complexity index is 493. The lowest BCUT2D eigenvalue weighted by atomic mass is 9.97. The number of benzene rings is 1. The second kappa shape index (κ2) is 9.64. The van der Waals surface area contributed by atoms with Gasteiger partial charge in [0.2, 0.25) is 0 Å². The van der Waals surface area contributed by atoms with Gasteiger partial charge >= 0.3 is 6.09 Å². The molecule has 0 spiro atoms. The number of hydrogen-bond donors (Lipinski definition) is 1. The van der Waals surface area contributed by atoms with Crippen LogP contribution in [0.15, 0.2) is 30.3 Å². The predicted octanol–water partition coefficient (Wildman–Crippen LogP) is 2.74. The van der Waals surface area contributed by atoms with E-state index in [0.29, 0.717) is 25.1 Å². The van der Waals surface area contributed by atoms with Crippen molar-refractivity contribution in [3.63, 3.8) is 0 Å². The number of aliphatic hydroxyl groups is 1. The van der Waals surface area contributed by atoms with Crippen LogP contribution in [0.25, 0.3) is 0 Å². The smallest absolute Gasteiger partial charge is 0.410 e. The molecule has 1 atom stereocenters. The first-order valence-electron chi connectivity index (χ1n) is 8.90. The molecule has 5 nitrogen and oxygen atoms in total. The number of hydrogen-bond acceptors (Lipinski definition) is 4. The van der Waals surface area contributed by atoms with Gasteiger partial charge in [0.1, 0.15) is 6.61 Å². The van der Waals surface area contributed by atoms with Crippen LogP contribution in [0.1, 0.15) is 32.3 Å². The highest BCUT2D eigenvalue weighted by Gasteiger charge is 2.26. The zero-order valence-electron chi connectivity index (χ0n) is 14.9. The summed E-state index contributed by atoms with van der Waals surface area (Å²) in [6.45, 7) is 7.90. The number of rotatable bonds is 7. The van der Waals surface area contributed by atoms with Crippen LogP contribution >= 0.6 is 0 Å². The average Bonchev–Trinajstić information content (AvgIpc) is 2.60. The van der Waals surface area contributed by atoms with Gasteiger partial charge in [-0.15, -0.1) is 0 Å². The van der Waals surface area contributed by atoms with E-state index in [4.69, 9.17) is 4.74 Å². The van der Waals surface area contributed by atoms with Crippen molar-refractivity contribution in [3.8, 4) is 0 Å². The summed E-state index contributed by atoms with van der Waals surface area (Å²) >= 11 is 0. The third-order valence-corrected chi connectivity index (χ3v) is 4.59. The maximum atomic E-state index is 12.3. The summed E-state index contributed by atoms with van der Waals surface area (Å²) in [6, 6.07) is 10.2. The monoisotopic (exact) mass is 334 g/mol. The summed E-state index contributed by atoms with van der Waals surface area (Å²) in [4.78, 5) is 16.4. The number of ether oxygens (including phenoxy) is 1. The Labute approximate surface area is 145 Å². The largest absolute Gasteiger partial charge is 0.445 e. The molecular formula is C19H30N2O3.